The summed E-state index contributed by atoms with van der Waals surface area (Å²) in [6.07, 6.45) is 1.33. The Morgan fingerprint density at radius 1 is 1.00 bits per heavy atom. The summed E-state index contributed by atoms with van der Waals surface area (Å²) in [5.41, 5.74) is 0.595. The highest BCUT2D eigenvalue weighted by atomic mass is 19.1. The first-order chi connectivity index (χ1) is 12.7. The fourth-order valence-electron chi connectivity index (χ4n) is 2.50. The minimum atomic E-state index is -1.31. The lowest BCUT2D eigenvalue weighted by Gasteiger charge is -2.29. The van der Waals surface area contributed by atoms with Gasteiger partial charge < -0.3 is 14.2 Å². The van der Waals surface area contributed by atoms with E-state index in [1.165, 1.54) is 32.1 Å². The van der Waals surface area contributed by atoms with Gasteiger partial charge >= 0.3 is 11.9 Å². The maximum atomic E-state index is 13.2. The minimum Gasteiger partial charge on any atom is -0.489 e. The number of ether oxygens (including phenoxy) is 3. The lowest BCUT2D eigenvalue weighted by Crippen LogP contribution is -2.41. The van der Waals surface area contributed by atoms with Gasteiger partial charge in [0, 0.05) is 19.9 Å². The highest BCUT2D eigenvalue weighted by molar-refractivity contribution is 6.18. The molecule has 0 N–H and O–H groups in total. The molecule has 1 heterocycles. The number of rotatable bonds is 4. The van der Waals surface area contributed by atoms with Crippen LogP contribution in [-0.4, -0.2) is 17.7 Å². The van der Waals surface area contributed by atoms with Gasteiger partial charge in [-0.15, -0.1) is 0 Å². The number of halogens is 2. The van der Waals surface area contributed by atoms with Gasteiger partial charge in [-0.25, -0.2) is 18.4 Å². The average Bonchev–Trinajstić information content (AvgIpc) is 2.55. The van der Waals surface area contributed by atoms with Crippen LogP contribution in [0.5, 0.6) is 5.75 Å². The zero-order valence-corrected chi connectivity index (χ0v) is 14.6. The van der Waals surface area contributed by atoms with Crippen molar-refractivity contribution in [3.63, 3.8) is 0 Å². The molecule has 0 spiro atoms. The van der Waals surface area contributed by atoms with Crippen LogP contribution in [0.1, 0.15) is 25.0 Å². The van der Waals surface area contributed by atoms with Crippen molar-refractivity contribution in [1.82, 2.24) is 0 Å². The standard InChI is InChI=1S/C20H16F2O5/c1-20(2)26-18(23)17(19(24)27-20)9-12-4-3-5-16(8-12)25-11-13-6-14(21)10-15(22)7-13/h3-10H,11H2,1-2H3. The molecule has 0 amide bonds. The van der Waals surface area contributed by atoms with Gasteiger partial charge in [0.2, 0.25) is 0 Å². The summed E-state index contributed by atoms with van der Waals surface area (Å²) in [7, 11) is 0. The molecule has 1 aliphatic heterocycles. The molecule has 1 fully saturated rings. The molecule has 1 aliphatic rings. The first-order valence-electron chi connectivity index (χ1n) is 8.08. The molecule has 140 valence electrons. The van der Waals surface area contributed by atoms with Gasteiger partial charge in [0.1, 0.15) is 29.6 Å². The summed E-state index contributed by atoms with van der Waals surface area (Å²) in [5, 5.41) is 0. The number of esters is 2. The van der Waals surface area contributed by atoms with Crippen LogP contribution < -0.4 is 4.74 Å². The molecular weight excluding hydrogens is 358 g/mol. The Labute approximate surface area is 154 Å². The topological polar surface area (TPSA) is 61.8 Å². The number of cyclic esters (lactones) is 2. The van der Waals surface area contributed by atoms with Crippen molar-refractivity contribution in [1.29, 1.82) is 0 Å². The lowest BCUT2D eigenvalue weighted by molar-refractivity contribution is -0.222. The van der Waals surface area contributed by atoms with E-state index in [0.29, 0.717) is 16.9 Å². The summed E-state index contributed by atoms with van der Waals surface area (Å²) < 4.78 is 42.0. The van der Waals surface area contributed by atoms with E-state index in [2.05, 4.69) is 0 Å². The van der Waals surface area contributed by atoms with Gasteiger partial charge in [0.05, 0.1) is 0 Å². The van der Waals surface area contributed by atoms with Crippen LogP contribution in [-0.2, 0) is 25.7 Å². The first-order valence-corrected chi connectivity index (χ1v) is 8.08. The molecule has 3 rings (SSSR count). The van der Waals surface area contributed by atoms with Crippen LogP contribution in [0.4, 0.5) is 8.78 Å². The van der Waals surface area contributed by atoms with Crippen LogP contribution in [0.15, 0.2) is 48.0 Å². The molecule has 0 saturated carbocycles. The maximum Gasteiger partial charge on any atom is 0.348 e. The smallest absolute Gasteiger partial charge is 0.348 e. The van der Waals surface area contributed by atoms with Gasteiger partial charge in [0.15, 0.2) is 0 Å². The molecule has 0 aromatic heterocycles. The lowest BCUT2D eigenvalue weighted by atomic mass is 10.1. The second-order valence-corrected chi connectivity index (χ2v) is 6.38. The number of benzene rings is 2. The van der Waals surface area contributed by atoms with E-state index in [1.807, 2.05) is 0 Å². The Balaban J connectivity index is 1.75. The van der Waals surface area contributed by atoms with Crippen molar-refractivity contribution in [3.05, 3.63) is 70.8 Å². The Morgan fingerprint density at radius 3 is 2.26 bits per heavy atom. The predicted octanol–water partition coefficient (Wildman–Crippen LogP) is 3.76. The van der Waals surface area contributed by atoms with Gasteiger partial charge in [-0.3, -0.25) is 0 Å². The van der Waals surface area contributed by atoms with E-state index in [-0.39, 0.29) is 12.2 Å². The Morgan fingerprint density at radius 2 is 1.63 bits per heavy atom. The molecule has 0 bridgehead atoms. The SMILES string of the molecule is CC1(C)OC(=O)C(=Cc2cccc(OCc3cc(F)cc(F)c3)c2)C(=O)O1. The summed E-state index contributed by atoms with van der Waals surface area (Å²) in [6.45, 7) is 2.87. The number of hydrogen-bond donors (Lipinski definition) is 0. The van der Waals surface area contributed by atoms with Crippen LogP contribution in [0.3, 0.4) is 0 Å². The maximum absolute atomic E-state index is 13.2. The van der Waals surface area contributed by atoms with Crippen molar-refractivity contribution in [2.24, 2.45) is 0 Å². The molecule has 27 heavy (non-hydrogen) atoms. The molecule has 7 heteroatoms. The van der Waals surface area contributed by atoms with Crippen molar-refractivity contribution in [2.45, 2.75) is 26.2 Å². The number of hydrogen-bond acceptors (Lipinski definition) is 5. The van der Waals surface area contributed by atoms with Crippen molar-refractivity contribution in [3.8, 4) is 5.75 Å². The fourth-order valence-corrected chi connectivity index (χ4v) is 2.50. The van der Waals surface area contributed by atoms with Crippen LogP contribution in [0.2, 0.25) is 0 Å². The minimum absolute atomic E-state index is 0.0486. The largest absolute Gasteiger partial charge is 0.489 e. The number of carbonyl (C=O) groups excluding carboxylic acids is 2. The molecule has 0 unspecified atom stereocenters. The van der Waals surface area contributed by atoms with E-state index in [4.69, 9.17) is 14.2 Å². The summed E-state index contributed by atoms with van der Waals surface area (Å²) in [4.78, 5) is 24.0. The molecule has 0 radical (unpaired) electrons. The van der Waals surface area contributed by atoms with Crippen molar-refractivity contribution in [2.75, 3.05) is 0 Å². The third-order valence-corrected chi connectivity index (χ3v) is 3.61. The van der Waals surface area contributed by atoms with Crippen LogP contribution >= 0.6 is 0 Å². The molecule has 5 nitrogen and oxygen atoms in total. The zero-order chi connectivity index (χ0) is 19.6. The van der Waals surface area contributed by atoms with Crippen molar-refractivity contribution < 1.29 is 32.6 Å². The monoisotopic (exact) mass is 374 g/mol. The second kappa shape index (κ2) is 7.19. The van der Waals surface area contributed by atoms with Crippen LogP contribution in [0, 0.1) is 11.6 Å². The highest BCUT2D eigenvalue weighted by Crippen LogP contribution is 2.25. The van der Waals surface area contributed by atoms with Gasteiger partial charge in [-0.2, -0.15) is 0 Å². The van der Waals surface area contributed by atoms with Crippen LogP contribution in [0.25, 0.3) is 6.08 Å². The van der Waals surface area contributed by atoms with Gasteiger partial charge in [-0.1, -0.05) is 12.1 Å². The molecule has 1 saturated heterocycles. The van der Waals surface area contributed by atoms with E-state index < -0.39 is 29.4 Å². The predicted molar refractivity (Wildman–Crippen MR) is 91.4 cm³/mol. The molecular formula is C20H16F2O5. The van der Waals surface area contributed by atoms with E-state index in [1.54, 1.807) is 24.3 Å². The van der Waals surface area contributed by atoms with E-state index >= 15 is 0 Å². The van der Waals surface area contributed by atoms with Gasteiger partial charge in [0.25, 0.3) is 5.79 Å². The second-order valence-electron chi connectivity index (χ2n) is 6.38. The van der Waals surface area contributed by atoms with Gasteiger partial charge in [-0.05, 0) is 41.5 Å². The van der Waals surface area contributed by atoms with E-state index in [0.717, 1.165) is 6.07 Å². The summed E-state index contributed by atoms with van der Waals surface area (Å²) in [5.74, 6) is -3.85. The van der Waals surface area contributed by atoms with Crippen molar-refractivity contribution >= 4 is 18.0 Å². The van der Waals surface area contributed by atoms with E-state index in [9.17, 15) is 18.4 Å². The average molecular weight is 374 g/mol. The Bertz CT molecular complexity index is 891. The summed E-state index contributed by atoms with van der Waals surface area (Å²) >= 11 is 0. The zero-order valence-electron chi connectivity index (χ0n) is 14.6. The summed E-state index contributed by atoms with van der Waals surface area (Å²) in [6, 6.07) is 9.63. The quantitative estimate of drug-likeness (QED) is 0.463. The normalized spacial score (nSPS) is 15.8. The Hall–Kier alpha value is -3.22. The molecule has 2 aromatic carbocycles. The third kappa shape index (κ3) is 4.69. The number of carbonyl (C=O) groups is 2. The highest BCUT2D eigenvalue weighted by Gasteiger charge is 2.38. The molecule has 2 aromatic rings. The third-order valence-electron chi connectivity index (χ3n) is 3.61. The molecule has 0 aliphatic carbocycles. The molecule has 0 atom stereocenters. The Kier molecular flexibility index (Phi) is 4.94. The first kappa shape index (κ1) is 18.6. The fraction of sp³-hybridized carbons (Fsp3) is 0.200.